The predicted molar refractivity (Wildman–Crippen MR) is 131 cm³/mol. The van der Waals surface area contributed by atoms with Gasteiger partial charge in [0.1, 0.15) is 0 Å². The summed E-state index contributed by atoms with van der Waals surface area (Å²) in [5.74, 6) is -0.107. The number of carbonyl (C=O) groups is 1. The Kier molecular flexibility index (Phi) is 5.88. The maximum atomic E-state index is 12.5. The van der Waals surface area contributed by atoms with Gasteiger partial charge in [-0.15, -0.1) is 0 Å². The summed E-state index contributed by atoms with van der Waals surface area (Å²) in [5, 5.41) is 3.50. The maximum Gasteiger partial charge on any atom is 0.264 e. The third-order valence-corrected chi connectivity index (χ3v) is 6.64. The Hall–Kier alpha value is -3.05. The number of aryl methyl sites for hydroxylation is 4. The van der Waals surface area contributed by atoms with Crippen LogP contribution in [0.5, 0.6) is 0 Å². The van der Waals surface area contributed by atoms with Crippen LogP contribution in [0.15, 0.2) is 58.4 Å². The third-order valence-electron chi connectivity index (χ3n) is 5.73. The highest BCUT2D eigenvalue weighted by atomic mass is 32.2. The Bertz CT molecular complexity index is 1220. The van der Waals surface area contributed by atoms with Crippen molar-refractivity contribution in [2.24, 2.45) is 4.99 Å². The van der Waals surface area contributed by atoms with Crippen LogP contribution < -0.4 is 5.32 Å². The van der Waals surface area contributed by atoms with Gasteiger partial charge in [-0.2, -0.15) is 0 Å². The molecule has 0 radical (unpaired) electrons. The van der Waals surface area contributed by atoms with E-state index < -0.39 is 0 Å². The zero-order valence-corrected chi connectivity index (χ0v) is 19.4. The molecule has 0 saturated carbocycles. The van der Waals surface area contributed by atoms with Crippen molar-refractivity contribution in [3.63, 3.8) is 0 Å². The molecular formula is C26H27N3OS. The number of aromatic nitrogens is 1. The summed E-state index contributed by atoms with van der Waals surface area (Å²) >= 11 is 1.38. The smallest absolute Gasteiger partial charge is 0.264 e. The van der Waals surface area contributed by atoms with Crippen molar-refractivity contribution in [1.82, 2.24) is 9.88 Å². The Morgan fingerprint density at radius 2 is 1.74 bits per heavy atom. The van der Waals surface area contributed by atoms with E-state index in [1.54, 1.807) is 0 Å². The minimum atomic E-state index is -0.107. The maximum absolute atomic E-state index is 12.5. The molecule has 0 atom stereocenters. The molecule has 0 spiro atoms. The van der Waals surface area contributed by atoms with Gasteiger partial charge in [0.25, 0.3) is 5.91 Å². The highest BCUT2D eigenvalue weighted by molar-refractivity contribution is 8.18. The normalized spacial score (nSPS) is 16.4. The number of hydrogen-bond acceptors (Lipinski definition) is 3. The van der Waals surface area contributed by atoms with Crippen LogP contribution in [0.1, 0.15) is 40.6 Å². The van der Waals surface area contributed by atoms with E-state index in [9.17, 15) is 4.79 Å². The quantitative estimate of drug-likeness (QED) is 0.505. The van der Waals surface area contributed by atoms with Gasteiger partial charge in [-0.3, -0.25) is 4.79 Å². The average molecular weight is 430 g/mol. The van der Waals surface area contributed by atoms with Crippen LogP contribution >= 0.6 is 11.8 Å². The Morgan fingerprint density at radius 1 is 1.00 bits per heavy atom. The van der Waals surface area contributed by atoms with E-state index >= 15 is 0 Å². The van der Waals surface area contributed by atoms with Gasteiger partial charge in [0.05, 0.1) is 10.6 Å². The first-order valence-electron chi connectivity index (χ1n) is 10.5. The zero-order valence-electron chi connectivity index (χ0n) is 18.6. The fraction of sp³-hybridized carbons (Fsp3) is 0.231. The van der Waals surface area contributed by atoms with Crippen molar-refractivity contribution >= 4 is 34.6 Å². The molecule has 31 heavy (non-hydrogen) atoms. The summed E-state index contributed by atoms with van der Waals surface area (Å²) in [5.41, 5.74) is 9.10. The number of aliphatic imine (C=N–C) groups is 1. The highest BCUT2D eigenvalue weighted by Crippen LogP contribution is 2.31. The first-order valence-corrected chi connectivity index (χ1v) is 11.3. The summed E-state index contributed by atoms with van der Waals surface area (Å²) < 4.78 is 2.24. The van der Waals surface area contributed by atoms with Gasteiger partial charge in [0.15, 0.2) is 5.17 Å². The topological polar surface area (TPSA) is 46.4 Å². The molecule has 0 aliphatic carbocycles. The monoisotopic (exact) mass is 429 g/mol. The lowest BCUT2D eigenvalue weighted by Crippen LogP contribution is -2.19. The molecule has 1 fully saturated rings. The number of nitrogens with zero attached hydrogens (tertiary/aromatic N) is 2. The van der Waals surface area contributed by atoms with E-state index in [4.69, 9.17) is 0 Å². The van der Waals surface area contributed by atoms with E-state index in [2.05, 4.69) is 85.9 Å². The molecule has 1 aromatic heterocycles. The third kappa shape index (κ3) is 4.37. The van der Waals surface area contributed by atoms with Crippen LogP contribution in [0, 0.1) is 27.7 Å². The van der Waals surface area contributed by atoms with Crippen molar-refractivity contribution in [3.05, 3.63) is 87.1 Å². The SMILES string of the molecule is CCc1ccc(N=C2NC(=O)/C(=C/c3cc(C)n(-c4ccc(C)c(C)c4)c3C)S2)cc1. The second-order valence-electron chi connectivity index (χ2n) is 7.93. The van der Waals surface area contributed by atoms with Gasteiger partial charge < -0.3 is 9.88 Å². The Morgan fingerprint density at radius 3 is 2.42 bits per heavy atom. The van der Waals surface area contributed by atoms with Gasteiger partial charge >= 0.3 is 0 Å². The lowest BCUT2D eigenvalue weighted by Gasteiger charge is -2.11. The van der Waals surface area contributed by atoms with E-state index in [1.165, 1.54) is 28.5 Å². The number of hydrogen-bond donors (Lipinski definition) is 1. The minimum Gasteiger partial charge on any atom is -0.318 e. The molecule has 0 unspecified atom stereocenters. The lowest BCUT2D eigenvalue weighted by atomic mass is 10.1. The lowest BCUT2D eigenvalue weighted by molar-refractivity contribution is -0.115. The highest BCUT2D eigenvalue weighted by Gasteiger charge is 2.24. The second kappa shape index (κ2) is 8.60. The van der Waals surface area contributed by atoms with Crippen LogP contribution in [-0.2, 0) is 11.2 Å². The summed E-state index contributed by atoms with van der Waals surface area (Å²) in [6, 6.07) is 16.7. The van der Waals surface area contributed by atoms with Crippen LogP contribution in [0.25, 0.3) is 11.8 Å². The van der Waals surface area contributed by atoms with Crippen LogP contribution in [0.3, 0.4) is 0 Å². The van der Waals surface area contributed by atoms with Crippen molar-refractivity contribution < 1.29 is 4.79 Å². The van der Waals surface area contributed by atoms with Crippen LogP contribution in [0.4, 0.5) is 5.69 Å². The first-order chi connectivity index (χ1) is 14.9. The molecule has 5 heteroatoms. The van der Waals surface area contributed by atoms with E-state index in [1.807, 2.05) is 18.2 Å². The van der Waals surface area contributed by atoms with E-state index in [-0.39, 0.29) is 5.91 Å². The van der Waals surface area contributed by atoms with Crippen molar-refractivity contribution in [3.8, 4) is 5.69 Å². The van der Waals surface area contributed by atoms with Gasteiger partial charge in [-0.25, -0.2) is 4.99 Å². The summed E-state index contributed by atoms with van der Waals surface area (Å²) in [7, 11) is 0. The predicted octanol–water partition coefficient (Wildman–Crippen LogP) is 6.16. The first kappa shape index (κ1) is 21.2. The van der Waals surface area contributed by atoms with Crippen LogP contribution in [0.2, 0.25) is 0 Å². The molecule has 1 saturated heterocycles. The number of amides is 1. The number of thioether (sulfide) groups is 1. The largest absolute Gasteiger partial charge is 0.318 e. The number of rotatable bonds is 4. The molecule has 2 aromatic carbocycles. The van der Waals surface area contributed by atoms with Gasteiger partial charge in [0, 0.05) is 17.1 Å². The molecule has 158 valence electrons. The number of nitrogens with one attached hydrogen (secondary N) is 1. The summed E-state index contributed by atoms with van der Waals surface area (Å²) in [6.07, 6.45) is 2.96. The zero-order chi connectivity index (χ0) is 22.1. The molecule has 4 nitrogen and oxygen atoms in total. The van der Waals surface area contributed by atoms with E-state index in [0.717, 1.165) is 34.7 Å². The molecule has 1 aliphatic heterocycles. The molecule has 0 bridgehead atoms. The van der Waals surface area contributed by atoms with E-state index in [0.29, 0.717) is 10.1 Å². The molecule has 4 rings (SSSR count). The molecule has 1 N–H and O–H groups in total. The fourth-order valence-corrected chi connectivity index (χ4v) is 4.57. The van der Waals surface area contributed by atoms with Crippen LogP contribution in [-0.4, -0.2) is 15.6 Å². The molecule has 2 heterocycles. The minimum absolute atomic E-state index is 0.107. The number of carbonyl (C=O) groups excluding carboxylic acids is 1. The van der Waals surface area contributed by atoms with Crippen molar-refractivity contribution in [1.29, 1.82) is 0 Å². The second-order valence-corrected chi connectivity index (χ2v) is 8.96. The number of benzene rings is 2. The van der Waals surface area contributed by atoms with Crippen molar-refractivity contribution in [2.75, 3.05) is 0 Å². The number of amidine groups is 1. The molecule has 3 aromatic rings. The Balaban J connectivity index is 1.62. The molecule has 1 aliphatic rings. The van der Waals surface area contributed by atoms with Gasteiger partial charge in [0.2, 0.25) is 0 Å². The van der Waals surface area contributed by atoms with Gasteiger partial charge in [-0.1, -0.05) is 25.1 Å². The van der Waals surface area contributed by atoms with Crippen molar-refractivity contribution in [2.45, 2.75) is 41.0 Å². The Labute approximate surface area is 188 Å². The van der Waals surface area contributed by atoms with Gasteiger partial charge in [-0.05, 0) is 105 Å². The average Bonchev–Trinajstić information content (AvgIpc) is 3.23. The molecule has 1 amide bonds. The standard InChI is InChI=1S/C26H27N3OS/c1-6-20-8-10-22(11-9-20)27-26-28-25(30)24(31-26)15-21-14-18(4)29(19(21)5)23-12-7-16(2)17(3)13-23/h7-15H,6H2,1-5H3,(H,27,28,30)/b24-15-. The summed E-state index contributed by atoms with van der Waals surface area (Å²) in [4.78, 5) is 17.8. The summed E-state index contributed by atoms with van der Waals surface area (Å²) in [6.45, 7) is 10.6. The molecular weight excluding hydrogens is 402 g/mol. The fourth-order valence-electron chi connectivity index (χ4n) is 3.74.